The van der Waals surface area contributed by atoms with Crippen molar-refractivity contribution in [1.82, 2.24) is 9.97 Å². The van der Waals surface area contributed by atoms with Crippen molar-refractivity contribution >= 4 is 44.2 Å². The Kier molecular flexibility index (Phi) is 4.38. The standard InChI is InChI=1S/C17H19BrF3N5O/c18-10-6-23-14-12(13(10)26-5-1-2-9(22)8-26)11(7-24-14)25-15(27)16(3-4-16)17(19,20)21/h6-7,9H,1-5,8,22H2,(H,23,24)(H,25,27)/t9-/m1/s1. The molecule has 1 aliphatic carbocycles. The number of rotatable bonds is 3. The van der Waals surface area contributed by atoms with Gasteiger partial charge < -0.3 is 20.9 Å². The van der Waals surface area contributed by atoms with E-state index in [2.05, 4.69) is 36.1 Å². The van der Waals surface area contributed by atoms with E-state index in [4.69, 9.17) is 5.73 Å². The molecule has 1 amide bonds. The Bertz CT molecular complexity index is 893. The fraction of sp³-hybridized carbons (Fsp3) is 0.529. The third-order valence-electron chi connectivity index (χ3n) is 5.38. The number of anilines is 2. The highest BCUT2D eigenvalue weighted by Gasteiger charge is 2.68. The van der Waals surface area contributed by atoms with Crippen molar-refractivity contribution in [3.8, 4) is 0 Å². The fourth-order valence-electron chi connectivity index (χ4n) is 3.68. The smallest absolute Gasteiger partial charge is 0.368 e. The first-order valence-corrected chi connectivity index (χ1v) is 9.56. The van der Waals surface area contributed by atoms with E-state index in [9.17, 15) is 18.0 Å². The fourth-order valence-corrected chi connectivity index (χ4v) is 4.23. The van der Waals surface area contributed by atoms with Crippen molar-refractivity contribution < 1.29 is 18.0 Å². The minimum Gasteiger partial charge on any atom is -0.368 e. The van der Waals surface area contributed by atoms with Gasteiger partial charge in [-0.15, -0.1) is 0 Å². The number of carbonyl (C=O) groups excluding carboxylic acids is 1. The Morgan fingerprint density at radius 3 is 2.81 bits per heavy atom. The second-order valence-corrected chi connectivity index (χ2v) is 8.12. The molecule has 4 rings (SSSR count). The SMILES string of the molecule is N[C@@H]1CCCN(c2c(Br)cnc3[nH]cc(NC(=O)C4(C(F)(F)F)CC4)c23)C1. The lowest BCUT2D eigenvalue weighted by atomic mass is 10.0. The molecule has 4 N–H and O–H groups in total. The number of nitrogens with two attached hydrogens (primary N) is 1. The van der Waals surface area contributed by atoms with Crippen molar-refractivity contribution in [3.63, 3.8) is 0 Å². The van der Waals surface area contributed by atoms with Gasteiger partial charge in [0.15, 0.2) is 0 Å². The van der Waals surface area contributed by atoms with E-state index in [0.717, 1.165) is 25.1 Å². The molecule has 0 radical (unpaired) electrons. The van der Waals surface area contributed by atoms with Gasteiger partial charge in [-0.25, -0.2) is 4.98 Å². The van der Waals surface area contributed by atoms with Gasteiger partial charge in [0, 0.05) is 31.5 Å². The molecular formula is C17H19BrF3N5O. The molecule has 0 aromatic carbocycles. The normalized spacial score (nSPS) is 22.1. The maximum absolute atomic E-state index is 13.3. The molecule has 0 bridgehead atoms. The van der Waals surface area contributed by atoms with E-state index in [1.54, 1.807) is 6.20 Å². The topological polar surface area (TPSA) is 87.0 Å². The van der Waals surface area contributed by atoms with E-state index in [0.29, 0.717) is 27.7 Å². The molecule has 27 heavy (non-hydrogen) atoms. The summed E-state index contributed by atoms with van der Waals surface area (Å²) in [7, 11) is 0. The molecule has 2 fully saturated rings. The molecule has 2 aliphatic rings. The van der Waals surface area contributed by atoms with Crippen LogP contribution in [0.15, 0.2) is 16.9 Å². The zero-order valence-corrected chi connectivity index (χ0v) is 16.0. The average molecular weight is 446 g/mol. The summed E-state index contributed by atoms with van der Waals surface area (Å²) in [6.45, 7) is 1.40. The van der Waals surface area contributed by atoms with Crippen LogP contribution in [0.4, 0.5) is 24.5 Å². The Morgan fingerprint density at radius 2 is 2.19 bits per heavy atom. The number of amides is 1. The van der Waals surface area contributed by atoms with E-state index in [1.807, 2.05) is 0 Å². The molecule has 1 saturated heterocycles. The Balaban J connectivity index is 1.72. The number of pyridine rings is 1. The maximum atomic E-state index is 13.3. The summed E-state index contributed by atoms with van der Waals surface area (Å²) in [4.78, 5) is 21.7. The van der Waals surface area contributed by atoms with Gasteiger partial charge in [0.2, 0.25) is 5.91 Å². The minimum absolute atomic E-state index is 0.0193. The molecule has 3 heterocycles. The quantitative estimate of drug-likeness (QED) is 0.674. The Morgan fingerprint density at radius 1 is 1.44 bits per heavy atom. The van der Waals surface area contributed by atoms with E-state index in [1.165, 1.54) is 6.20 Å². The number of piperidine rings is 1. The highest BCUT2D eigenvalue weighted by Crippen LogP contribution is 2.58. The molecule has 1 aliphatic heterocycles. The second kappa shape index (κ2) is 6.37. The van der Waals surface area contributed by atoms with Crippen LogP contribution in [0.25, 0.3) is 11.0 Å². The van der Waals surface area contributed by atoms with Gasteiger partial charge in [0.25, 0.3) is 0 Å². The number of halogens is 4. The molecule has 0 spiro atoms. The molecular weight excluding hydrogens is 427 g/mol. The lowest BCUT2D eigenvalue weighted by molar-refractivity contribution is -0.189. The molecule has 10 heteroatoms. The number of carbonyl (C=O) groups is 1. The summed E-state index contributed by atoms with van der Waals surface area (Å²) < 4.78 is 40.5. The number of aromatic nitrogens is 2. The summed E-state index contributed by atoms with van der Waals surface area (Å²) in [6.07, 6.45) is 0.0547. The van der Waals surface area contributed by atoms with Crippen molar-refractivity contribution in [2.24, 2.45) is 11.1 Å². The number of alkyl halides is 3. The molecule has 146 valence electrons. The Labute approximate surface area is 161 Å². The number of nitrogens with zero attached hydrogens (tertiary/aromatic N) is 2. The lowest BCUT2D eigenvalue weighted by Crippen LogP contribution is -2.43. The number of hydrogen-bond acceptors (Lipinski definition) is 4. The van der Waals surface area contributed by atoms with Gasteiger partial charge in [-0.2, -0.15) is 13.2 Å². The second-order valence-electron chi connectivity index (χ2n) is 7.26. The predicted octanol–water partition coefficient (Wildman–Crippen LogP) is 3.53. The maximum Gasteiger partial charge on any atom is 0.403 e. The summed E-state index contributed by atoms with van der Waals surface area (Å²) in [6, 6.07) is 0.0193. The summed E-state index contributed by atoms with van der Waals surface area (Å²) in [5.74, 6) is -1.02. The van der Waals surface area contributed by atoms with Crippen LogP contribution >= 0.6 is 15.9 Å². The largest absolute Gasteiger partial charge is 0.403 e. The number of aromatic amines is 1. The number of nitrogens with one attached hydrogen (secondary N) is 2. The van der Waals surface area contributed by atoms with Crippen molar-refractivity contribution in [2.45, 2.75) is 37.9 Å². The molecule has 0 unspecified atom stereocenters. The average Bonchev–Trinajstić information content (AvgIpc) is 3.33. The molecule has 1 atom stereocenters. The van der Waals surface area contributed by atoms with Crippen LogP contribution < -0.4 is 16.0 Å². The first-order chi connectivity index (χ1) is 12.7. The Hall–Kier alpha value is -1.81. The monoisotopic (exact) mass is 445 g/mol. The van der Waals surface area contributed by atoms with Crippen LogP contribution in [0.5, 0.6) is 0 Å². The van der Waals surface area contributed by atoms with E-state index in [-0.39, 0.29) is 18.9 Å². The lowest BCUT2D eigenvalue weighted by Gasteiger charge is -2.33. The number of fused-ring (bicyclic) bond motifs is 1. The van der Waals surface area contributed by atoms with Crippen LogP contribution in [0.2, 0.25) is 0 Å². The summed E-state index contributed by atoms with van der Waals surface area (Å²) in [5, 5.41) is 3.07. The number of hydrogen-bond donors (Lipinski definition) is 3. The van der Waals surface area contributed by atoms with E-state index >= 15 is 0 Å². The predicted molar refractivity (Wildman–Crippen MR) is 99.6 cm³/mol. The molecule has 2 aromatic rings. The summed E-state index contributed by atoms with van der Waals surface area (Å²) in [5.41, 5.74) is 5.39. The van der Waals surface area contributed by atoms with Crippen LogP contribution in [0, 0.1) is 5.41 Å². The van der Waals surface area contributed by atoms with Crippen molar-refractivity contribution in [3.05, 3.63) is 16.9 Å². The van der Waals surface area contributed by atoms with E-state index < -0.39 is 17.5 Å². The molecule has 6 nitrogen and oxygen atoms in total. The van der Waals surface area contributed by atoms with Crippen molar-refractivity contribution in [2.75, 3.05) is 23.3 Å². The molecule has 2 aromatic heterocycles. The van der Waals surface area contributed by atoms with Gasteiger partial charge in [0.1, 0.15) is 11.1 Å². The first kappa shape index (κ1) is 18.5. The highest BCUT2D eigenvalue weighted by molar-refractivity contribution is 9.10. The zero-order chi connectivity index (χ0) is 19.4. The van der Waals surface area contributed by atoms with Gasteiger partial charge in [-0.3, -0.25) is 4.79 Å². The van der Waals surface area contributed by atoms with Crippen LogP contribution in [-0.4, -0.2) is 41.2 Å². The highest BCUT2D eigenvalue weighted by atomic mass is 79.9. The summed E-state index contributed by atoms with van der Waals surface area (Å²) >= 11 is 3.49. The zero-order valence-electron chi connectivity index (χ0n) is 14.4. The van der Waals surface area contributed by atoms with Gasteiger partial charge in [-0.05, 0) is 41.6 Å². The first-order valence-electron chi connectivity index (χ1n) is 8.77. The third-order valence-corrected chi connectivity index (χ3v) is 5.96. The van der Waals surface area contributed by atoms with Gasteiger partial charge in [0.05, 0.1) is 21.2 Å². The van der Waals surface area contributed by atoms with Gasteiger partial charge in [-0.1, -0.05) is 0 Å². The van der Waals surface area contributed by atoms with Crippen LogP contribution in [-0.2, 0) is 4.79 Å². The molecule has 1 saturated carbocycles. The van der Waals surface area contributed by atoms with Crippen LogP contribution in [0.3, 0.4) is 0 Å². The van der Waals surface area contributed by atoms with Crippen molar-refractivity contribution in [1.29, 1.82) is 0 Å². The number of H-pyrrole nitrogens is 1. The van der Waals surface area contributed by atoms with Gasteiger partial charge >= 0.3 is 6.18 Å². The van der Waals surface area contributed by atoms with Crippen LogP contribution in [0.1, 0.15) is 25.7 Å². The third kappa shape index (κ3) is 3.08. The minimum atomic E-state index is -4.55.